The highest BCUT2D eigenvalue weighted by atomic mass is 19.1. The van der Waals surface area contributed by atoms with Crippen molar-refractivity contribution in [3.8, 4) is 0 Å². The summed E-state index contributed by atoms with van der Waals surface area (Å²) >= 11 is 0. The summed E-state index contributed by atoms with van der Waals surface area (Å²) in [5.74, 6) is -1.26. The molecule has 1 heterocycles. The van der Waals surface area contributed by atoms with Gasteiger partial charge in [-0.1, -0.05) is 13.0 Å². The molecule has 1 unspecified atom stereocenters. The van der Waals surface area contributed by atoms with Gasteiger partial charge in [0.05, 0.1) is 11.7 Å². The number of hydrogen-bond acceptors (Lipinski definition) is 2. The van der Waals surface area contributed by atoms with Gasteiger partial charge in [-0.05, 0) is 18.6 Å². The molecule has 1 aromatic carbocycles. The molecule has 1 atom stereocenters. The molecule has 0 aliphatic carbocycles. The number of nitrogens with zero attached hydrogens (tertiary/aromatic N) is 2. The lowest BCUT2D eigenvalue weighted by atomic mass is 9.98. The van der Waals surface area contributed by atoms with Gasteiger partial charge in [0.15, 0.2) is 0 Å². The molecule has 2 N–H and O–H groups in total. The lowest BCUT2D eigenvalue weighted by molar-refractivity contribution is 0.542. The van der Waals surface area contributed by atoms with Crippen LogP contribution in [0.3, 0.4) is 0 Å². The molecule has 2 rings (SSSR count). The average molecular weight is 251 g/mol. The lowest BCUT2D eigenvalue weighted by Gasteiger charge is -2.13. The van der Waals surface area contributed by atoms with Gasteiger partial charge in [0, 0.05) is 24.4 Å². The Morgan fingerprint density at radius 2 is 1.94 bits per heavy atom. The summed E-state index contributed by atoms with van der Waals surface area (Å²) < 4.78 is 29.0. The van der Waals surface area contributed by atoms with E-state index in [9.17, 15) is 8.78 Å². The Kier molecular flexibility index (Phi) is 3.43. The third kappa shape index (κ3) is 2.13. The Hall–Kier alpha value is -1.75. The highest BCUT2D eigenvalue weighted by molar-refractivity contribution is 5.34. The summed E-state index contributed by atoms with van der Waals surface area (Å²) in [7, 11) is 1.76. The number of hydrogen-bond donors (Lipinski definition) is 1. The quantitative estimate of drug-likeness (QED) is 0.909. The van der Waals surface area contributed by atoms with Crippen LogP contribution in [0.15, 0.2) is 24.4 Å². The molecule has 0 saturated heterocycles. The van der Waals surface area contributed by atoms with Crippen molar-refractivity contribution in [3.63, 3.8) is 0 Å². The number of nitrogens with two attached hydrogens (primary N) is 1. The number of benzene rings is 1. The van der Waals surface area contributed by atoms with Crippen LogP contribution < -0.4 is 5.73 Å². The predicted octanol–water partition coefficient (Wildman–Crippen LogP) is 2.31. The molecule has 0 bridgehead atoms. The van der Waals surface area contributed by atoms with Crippen LogP contribution in [0.5, 0.6) is 0 Å². The summed E-state index contributed by atoms with van der Waals surface area (Å²) in [5.41, 5.74) is 7.28. The molecule has 2 aromatic rings. The Morgan fingerprint density at radius 1 is 1.33 bits per heavy atom. The minimum absolute atomic E-state index is 0.111. The molecule has 1 aromatic heterocycles. The summed E-state index contributed by atoms with van der Waals surface area (Å²) in [6.07, 6.45) is 2.37. The summed E-state index contributed by atoms with van der Waals surface area (Å²) in [4.78, 5) is 0. The highest BCUT2D eigenvalue weighted by Crippen LogP contribution is 2.26. The minimum Gasteiger partial charge on any atom is -0.320 e. The predicted molar refractivity (Wildman–Crippen MR) is 65.0 cm³/mol. The maximum absolute atomic E-state index is 13.7. The second kappa shape index (κ2) is 4.86. The monoisotopic (exact) mass is 251 g/mol. The normalized spacial score (nSPS) is 12.7. The smallest absolute Gasteiger partial charge is 0.131 e. The van der Waals surface area contributed by atoms with Gasteiger partial charge in [-0.2, -0.15) is 5.10 Å². The third-order valence-corrected chi connectivity index (χ3v) is 2.92. The van der Waals surface area contributed by atoms with Gasteiger partial charge in [0.1, 0.15) is 11.6 Å². The fourth-order valence-electron chi connectivity index (χ4n) is 2.05. The second-order valence-corrected chi connectivity index (χ2v) is 4.17. The molecule has 18 heavy (non-hydrogen) atoms. The van der Waals surface area contributed by atoms with Gasteiger partial charge in [0.2, 0.25) is 0 Å². The zero-order valence-corrected chi connectivity index (χ0v) is 10.3. The van der Waals surface area contributed by atoms with Crippen LogP contribution in [0.2, 0.25) is 0 Å². The van der Waals surface area contributed by atoms with E-state index < -0.39 is 17.7 Å². The van der Waals surface area contributed by atoms with Crippen molar-refractivity contribution in [1.29, 1.82) is 0 Å². The molecular formula is C13H15F2N3. The van der Waals surface area contributed by atoms with E-state index in [2.05, 4.69) is 5.10 Å². The van der Waals surface area contributed by atoms with Crippen LogP contribution in [0.25, 0.3) is 0 Å². The van der Waals surface area contributed by atoms with Crippen LogP contribution in [0, 0.1) is 11.6 Å². The zero-order chi connectivity index (χ0) is 13.3. The van der Waals surface area contributed by atoms with Crippen LogP contribution in [-0.4, -0.2) is 9.78 Å². The van der Waals surface area contributed by atoms with E-state index in [1.807, 2.05) is 6.92 Å². The molecule has 0 amide bonds. The number of aryl methyl sites for hydroxylation is 2. The number of rotatable bonds is 3. The fraction of sp³-hybridized carbons (Fsp3) is 0.308. The van der Waals surface area contributed by atoms with Crippen LogP contribution in [-0.2, 0) is 13.5 Å². The highest BCUT2D eigenvalue weighted by Gasteiger charge is 2.22. The van der Waals surface area contributed by atoms with Crippen molar-refractivity contribution in [1.82, 2.24) is 9.78 Å². The molecule has 3 nitrogen and oxygen atoms in total. The van der Waals surface area contributed by atoms with Gasteiger partial charge in [-0.25, -0.2) is 8.78 Å². The van der Waals surface area contributed by atoms with Crippen molar-refractivity contribution in [3.05, 3.63) is 52.9 Å². The van der Waals surface area contributed by atoms with E-state index in [4.69, 9.17) is 5.73 Å². The first-order valence-electron chi connectivity index (χ1n) is 5.76. The summed E-state index contributed by atoms with van der Waals surface area (Å²) in [6, 6.07) is 2.90. The first-order valence-corrected chi connectivity index (χ1v) is 5.76. The van der Waals surface area contributed by atoms with Crippen LogP contribution >= 0.6 is 0 Å². The number of halogens is 2. The van der Waals surface area contributed by atoms with Crippen LogP contribution in [0.4, 0.5) is 8.78 Å². The van der Waals surface area contributed by atoms with Crippen molar-refractivity contribution in [2.75, 3.05) is 0 Å². The van der Waals surface area contributed by atoms with Crippen LogP contribution in [0.1, 0.15) is 29.8 Å². The molecule has 0 spiro atoms. The fourth-order valence-corrected chi connectivity index (χ4v) is 2.05. The molecule has 96 valence electrons. The van der Waals surface area contributed by atoms with E-state index in [0.717, 1.165) is 5.69 Å². The molecular weight excluding hydrogens is 236 g/mol. The van der Waals surface area contributed by atoms with E-state index in [-0.39, 0.29) is 5.56 Å². The van der Waals surface area contributed by atoms with E-state index in [0.29, 0.717) is 12.0 Å². The Bertz CT molecular complexity index is 543. The summed E-state index contributed by atoms with van der Waals surface area (Å²) in [5, 5.41) is 4.23. The first kappa shape index (κ1) is 12.7. The van der Waals surface area contributed by atoms with E-state index >= 15 is 0 Å². The van der Waals surface area contributed by atoms with Gasteiger partial charge in [-0.15, -0.1) is 0 Å². The SMILES string of the molecule is CCc1nn(C)cc1C(N)c1c(F)cccc1F. The maximum atomic E-state index is 13.7. The first-order chi connectivity index (χ1) is 8.54. The van der Waals surface area contributed by atoms with Crippen molar-refractivity contribution in [2.24, 2.45) is 12.8 Å². The lowest BCUT2D eigenvalue weighted by Crippen LogP contribution is -2.16. The average Bonchev–Trinajstić information content (AvgIpc) is 2.70. The second-order valence-electron chi connectivity index (χ2n) is 4.17. The van der Waals surface area contributed by atoms with Gasteiger partial charge < -0.3 is 5.73 Å². The topological polar surface area (TPSA) is 43.8 Å². The van der Waals surface area contributed by atoms with Gasteiger partial charge in [-0.3, -0.25) is 4.68 Å². The standard InChI is InChI=1S/C13H15F2N3/c1-3-11-8(7-18(2)17-11)13(16)12-9(14)5-4-6-10(12)15/h4-7,13H,3,16H2,1-2H3. The maximum Gasteiger partial charge on any atom is 0.131 e. The molecule has 5 heteroatoms. The molecule has 0 saturated carbocycles. The van der Waals surface area contributed by atoms with E-state index in [1.165, 1.54) is 18.2 Å². The van der Waals surface area contributed by atoms with E-state index in [1.54, 1.807) is 17.9 Å². The number of aromatic nitrogens is 2. The van der Waals surface area contributed by atoms with Gasteiger partial charge in [0.25, 0.3) is 0 Å². The minimum atomic E-state index is -0.838. The van der Waals surface area contributed by atoms with Gasteiger partial charge >= 0.3 is 0 Å². The molecule has 0 fully saturated rings. The Labute approximate surface area is 104 Å². The third-order valence-electron chi connectivity index (χ3n) is 2.92. The Balaban J connectivity index is 2.50. The molecule has 0 radical (unpaired) electrons. The summed E-state index contributed by atoms with van der Waals surface area (Å²) in [6.45, 7) is 1.93. The van der Waals surface area contributed by atoms with Crippen molar-refractivity contribution in [2.45, 2.75) is 19.4 Å². The molecule has 0 aliphatic rings. The van der Waals surface area contributed by atoms with Crippen molar-refractivity contribution < 1.29 is 8.78 Å². The largest absolute Gasteiger partial charge is 0.320 e. The van der Waals surface area contributed by atoms with Crippen molar-refractivity contribution >= 4 is 0 Å². The Morgan fingerprint density at radius 3 is 2.50 bits per heavy atom. The molecule has 0 aliphatic heterocycles. The zero-order valence-electron chi connectivity index (χ0n) is 10.3.